The summed E-state index contributed by atoms with van der Waals surface area (Å²) < 4.78 is 10.6. The summed E-state index contributed by atoms with van der Waals surface area (Å²) in [5, 5.41) is 3.27. The molecule has 118 valence electrons. The molecule has 0 saturated carbocycles. The Labute approximate surface area is 123 Å². The largest absolute Gasteiger partial charge is 0.468 e. The Morgan fingerprint density at radius 1 is 1.60 bits per heavy atom. The normalized spacial score (nSPS) is 25.6. The van der Waals surface area contributed by atoms with Gasteiger partial charge in [-0.15, -0.1) is 0 Å². The molecule has 1 N–H and O–H groups in total. The van der Waals surface area contributed by atoms with Crippen molar-refractivity contribution in [2.75, 3.05) is 33.4 Å². The van der Waals surface area contributed by atoms with E-state index < -0.39 is 5.54 Å². The maximum absolute atomic E-state index is 12.0. The highest BCUT2D eigenvalue weighted by atomic mass is 16.5. The Bertz CT molecular complexity index is 311. The number of hydrogen-bond acceptors (Lipinski definition) is 5. The molecule has 0 aromatic carbocycles. The van der Waals surface area contributed by atoms with Gasteiger partial charge in [-0.1, -0.05) is 6.92 Å². The summed E-state index contributed by atoms with van der Waals surface area (Å²) in [5.41, 5.74) is -0.626. The van der Waals surface area contributed by atoms with Crippen LogP contribution in [0.15, 0.2) is 0 Å². The molecule has 5 heteroatoms. The van der Waals surface area contributed by atoms with Crippen molar-refractivity contribution in [2.45, 2.75) is 58.2 Å². The van der Waals surface area contributed by atoms with Crippen LogP contribution in [-0.4, -0.2) is 61.9 Å². The van der Waals surface area contributed by atoms with Crippen LogP contribution < -0.4 is 5.32 Å². The van der Waals surface area contributed by atoms with Crippen LogP contribution in [0.5, 0.6) is 0 Å². The number of likely N-dealkylation sites (N-methyl/N-ethyl adjacent to an activating group) is 1. The number of hydrogen-bond donors (Lipinski definition) is 1. The van der Waals surface area contributed by atoms with Gasteiger partial charge in [0.1, 0.15) is 5.54 Å². The van der Waals surface area contributed by atoms with Crippen molar-refractivity contribution in [3.05, 3.63) is 0 Å². The number of nitrogens with one attached hydrogen (secondary N) is 1. The van der Waals surface area contributed by atoms with Crippen LogP contribution >= 0.6 is 0 Å². The van der Waals surface area contributed by atoms with Gasteiger partial charge in [0.2, 0.25) is 0 Å². The first-order valence-electron chi connectivity index (χ1n) is 7.62. The molecule has 5 nitrogen and oxygen atoms in total. The number of carbonyl (C=O) groups excluding carboxylic acids is 1. The lowest BCUT2D eigenvalue weighted by molar-refractivity contribution is -0.148. The van der Waals surface area contributed by atoms with Gasteiger partial charge >= 0.3 is 5.97 Å². The van der Waals surface area contributed by atoms with Crippen molar-refractivity contribution in [3.63, 3.8) is 0 Å². The molecule has 1 aliphatic rings. The standard InChI is InChI=1S/C15H30N2O3/c1-6-16-15(4,14(18)19-5)10-12(2)17-8-7-9-20-13(3)11-17/h12-13,16H,6-11H2,1-5H3. The summed E-state index contributed by atoms with van der Waals surface area (Å²) in [6, 6.07) is 0.308. The first-order chi connectivity index (χ1) is 9.42. The van der Waals surface area contributed by atoms with Gasteiger partial charge in [0.15, 0.2) is 0 Å². The minimum Gasteiger partial charge on any atom is -0.468 e. The maximum Gasteiger partial charge on any atom is 0.325 e. The molecule has 0 aromatic heterocycles. The van der Waals surface area contributed by atoms with Crippen LogP contribution in [0.4, 0.5) is 0 Å². The molecule has 0 bridgehead atoms. The fourth-order valence-corrected chi connectivity index (χ4v) is 2.99. The quantitative estimate of drug-likeness (QED) is 0.748. The Balaban J connectivity index is 2.69. The second-order valence-corrected chi connectivity index (χ2v) is 5.94. The summed E-state index contributed by atoms with van der Waals surface area (Å²) in [6.07, 6.45) is 2.04. The molecule has 0 aromatic rings. The van der Waals surface area contributed by atoms with Gasteiger partial charge < -0.3 is 14.8 Å². The van der Waals surface area contributed by atoms with Gasteiger partial charge in [-0.05, 0) is 40.2 Å². The van der Waals surface area contributed by atoms with E-state index in [0.29, 0.717) is 6.04 Å². The summed E-state index contributed by atoms with van der Waals surface area (Å²) in [7, 11) is 1.45. The summed E-state index contributed by atoms with van der Waals surface area (Å²) in [6.45, 7) is 11.7. The van der Waals surface area contributed by atoms with E-state index in [1.54, 1.807) is 0 Å². The molecule has 0 aliphatic carbocycles. The lowest BCUT2D eigenvalue weighted by atomic mass is 9.92. The summed E-state index contributed by atoms with van der Waals surface area (Å²) >= 11 is 0. The minimum atomic E-state index is -0.626. The molecular weight excluding hydrogens is 256 g/mol. The molecule has 1 rings (SSSR count). The zero-order valence-electron chi connectivity index (χ0n) is 13.6. The number of rotatable bonds is 6. The van der Waals surface area contributed by atoms with E-state index in [-0.39, 0.29) is 12.1 Å². The smallest absolute Gasteiger partial charge is 0.325 e. The van der Waals surface area contributed by atoms with Crippen molar-refractivity contribution in [1.29, 1.82) is 0 Å². The number of esters is 1. The van der Waals surface area contributed by atoms with Crippen LogP contribution in [-0.2, 0) is 14.3 Å². The van der Waals surface area contributed by atoms with Crippen LogP contribution in [0.25, 0.3) is 0 Å². The Morgan fingerprint density at radius 3 is 2.90 bits per heavy atom. The molecule has 1 saturated heterocycles. The second kappa shape index (κ2) is 7.96. The van der Waals surface area contributed by atoms with Crippen LogP contribution in [0.1, 0.15) is 40.5 Å². The second-order valence-electron chi connectivity index (χ2n) is 5.94. The Morgan fingerprint density at radius 2 is 2.30 bits per heavy atom. The molecule has 0 spiro atoms. The van der Waals surface area contributed by atoms with Crippen LogP contribution in [0.2, 0.25) is 0 Å². The van der Waals surface area contributed by atoms with E-state index in [0.717, 1.165) is 39.1 Å². The van der Waals surface area contributed by atoms with E-state index in [2.05, 4.69) is 24.1 Å². The van der Waals surface area contributed by atoms with E-state index in [1.165, 1.54) is 7.11 Å². The predicted octanol–water partition coefficient (Wildman–Crippen LogP) is 1.42. The maximum atomic E-state index is 12.0. The Hall–Kier alpha value is -0.650. The number of nitrogens with zero attached hydrogens (tertiary/aromatic N) is 1. The van der Waals surface area contributed by atoms with E-state index in [1.807, 2.05) is 13.8 Å². The third-order valence-electron chi connectivity index (χ3n) is 4.01. The van der Waals surface area contributed by atoms with E-state index in [4.69, 9.17) is 9.47 Å². The van der Waals surface area contributed by atoms with Crippen molar-refractivity contribution >= 4 is 5.97 Å². The van der Waals surface area contributed by atoms with Crippen LogP contribution in [0, 0.1) is 0 Å². The van der Waals surface area contributed by atoms with Gasteiger partial charge in [0, 0.05) is 25.7 Å². The topological polar surface area (TPSA) is 50.8 Å². The molecular formula is C15H30N2O3. The van der Waals surface area contributed by atoms with Gasteiger partial charge in [-0.2, -0.15) is 0 Å². The van der Waals surface area contributed by atoms with Crippen molar-refractivity contribution in [1.82, 2.24) is 10.2 Å². The van der Waals surface area contributed by atoms with Gasteiger partial charge in [0.25, 0.3) is 0 Å². The molecule has 3 atom stereocenters. The molecule has 1 heterocycles. The Kier molecular flexibility index (Phi) is 6.92. The first kappa shape index (κ1) is 17.4. The van der Waals surface area contributed by atoms with Crippen molar-refractivity contribution in [3.8, 4) is 0 Å². The van der Waals surface area contributed by atoms with E-state index >= 15 is 0 Å². The number of methoxy groups -OCH3 is 1. The summed E-state index contributed by atoms with van der Waals surface area (Å²) in [5.74, 6) is -0.190. The third-order valence-corrected chi connectivity index (χ3v) is 4.01. The highest BCUT2D eigenvalue weighted by Crippen LogP contribution is 2.20. The molecule has 3 unspecified atom stereocenters. The van der Waals surface area contributed by atoms with Crippen molar-refractivity contribution < 1.29 is 14.3 Å². The first-order valence-corrected chi connectivity index (χ1v) is 7.62. The fraction of sp³-hybridized carbons (Fsp3) is 0.933. The lowest BCUT2D eigenvalue weighted by Crippen LogP contribution is -2.54. The van der Waals surface area contributed by atoms with Crippen LogP contribution in [0.3, 0.4) is 0 Å². The molecule has 20 heavy (non-hydrogen) atoms. The SMILES string of the molecule is CCNC(C)(CC(C)N1CCCOC(C)C1)C(=O)OC. The van der Waals surface area contributed by atoms with Gasteiger partial charge in [-0.3, -0.25) is 9.69 Å². The number of carbonyl (C=O) groups is 1. The molecule has 0 radical (unpaired) electrons. The molecule has 0 amide bonds. The fourth-order valence-electron chi connectivity index (χ4n) is 2.99. The zero-order chi connectivity index (χ0) is 15.2. The minimum absolute atomic E-state index is 0.190. The molecule has 1 aliphatic heterocycles. The van der Waals surface area contributed by atoms with E-state index in [9.17, 15) is 4.79 Å². The number of ether oxygens (including phenoxy) is 2. The predicted molar refractivity (Wildman–Crippen MR) is 79.8 cm³/mol. The molecule has 1 fully saturated rings. The third kappa shape index (κ3) is 4.72. The van der Waals surface area contributed by atoms with Crippen molar-refractivity contribution in [2.24, 2.45) is 0 Å². The average molecular weight is 286 g/mol. The van der Waals surface area contributed by atoms with Gasteiger partial charge in [-0.25, -0.2) is 0 Å². The summed E-state index contributed by atoms with van der Waals surface area (Å²) in [4.78, 5) is 14.5. The monoisotopic (exact) mass is 286 g/mol. The van der Waals surface area contributed by atoms with Gasteiger partial charge in [0.05, 0.1) is 13.2 Å². The highest BCUT2D eigenvalue weighted by Gasteiger charge is 2.36. The highest BCUT2D eigenvalue weighted by molar-refractivity contribution is 5.80. The average Bonchev–Trinajstić information content (AvgIpc) is 2.62. The zero-order valence-corrected chi connectivity index (χ0v) is 13.6. The lowest BCUT2D eigenvalue weighted by Gasteiger charge is -2.35.